The van der Waals surface area contributed by atoms with Gasteiger partial charge in [0.05, 0.1) is 5.56 Å². The van der Waals surface area contributed by atoms with E-state index in [0.29, 0.717) is 24.9 Å². The van der Waals surface area contributed by atoms with Crippen molar-refractivity contribution in [1.29, 1.82) is 5.26 Å². The summed E-state index contributed by atoms with van der Waals surface area (Å²) in [5.74, 6) is -2.35. The first-order chi connectivity index (χ1) is 18.9. The number of fused-ring (bicyclic) bond motifs is 2. The summed E-state index contributed by atoms with van der Waals surface area (Å²) in [4.78, 5) is 34.8. The van der Waals surface area contributed by atoms with Crippen LogP contribution in [-0.2, 0) is 21.9 Å². The molecule has 7 nitrogen and oxygen atoms in total. The molecular formula is C28H29F6N5O2. The Bertz CT molecular complexity index is 1410. The first kappa shape index (κ1) is 30.1. The third-order valence-corrected chi connectivity index (χ3v) is 8.18. The fourth-order valence-corrected chi connectivity index (χ4v) is 5.79. The van der Waals surface area contributed by atoms with Crippen LogP contribution in [0.2, 0.25) is 0 Å². The normalized spacial score (nSPS) is 20.6. The first-order valence-corrected chi connectivity index (χ1v) is 12.9. The van der Waals surface area contributed by atoms with Gasteiger partial charge in [-0.2, -0.15) is 31.6 Å². The molecule has 2 amide bonds. The Balaban J connectivity index is 1.76. The second-order valence-corrected chi connectivity index (χ2v) is 11.1. The van der Waals surface area contributed by atoms with Gasteiger partial charge in [-0.05, 0) is 69.7 Å². The van der Waals surface area contributed by atoms with Gasteiger partial charge in [-0.25, -0.2) is 4.98 Å². The molecule has 1 aromatic heterocycles. The van der Waals surface area contributed by atoms with Gasteiger partial charge in [0.2, 0.25) is 5.91 Å². The fourth-order valence-electron chi connectivity index (χ4n) is 5.79. The van der Waals surface area contributed by atoms with Crippen molar-refractivity contribution in [2.24, 2.45) is 5.92 Å². The van der Waals surface area contributed by atoms with Crippen LogP contribution in [0.3, 0.4) is 0 Å². The number of nitrogens with zero attached hydrogens (tertiary/aromatic N) is 5. The lowest BCUT2D eigenvalue weighted by atomic mass is 9.93. The van der Waals surface area contributed by atoms with Crippen LogP contribution in [0, 0.1) is 24.2 Å². The number of halogens is 6. The van der Waals surface area contributed by atoms with E-state index in [-0.39, 0.29) is 6.07 Å². The van der Waals surface area contributed by atoms with Gasteiger partial charge >= 0.3 is 12.4 Å². The van der Waals surface area contributed by atoms with Crippen molar-refractivity contribution >= 4 is 23.3 Å². The SMILES string of the molecule is Cc1cccc(N(C)C(=O)C(C)(C)N(C)C(=O)[C@@H]2[C@H]3CC[C@H](C3)N2c2nc(C(F)(F)F)cc(C(F)(F)F)c2C#N)c1. The zero-order valence-electron chi connectivity index (χ0n) is 23.1. The van der Waals surface area contributed by atoms with E-state index < -0.39 is 70.3 Å². The third-order valence-electron chi connectivity index (χ3n) is 8.18. The van der Waals surface area contributed by atoms with Crippen LogP contribution in [0.15, 0.2) is 30.3 Å². The van der Waals surface area contributed by atoms with Gasteiger partial charge in [-0.15, -0.1) is 0 Å². The number of aryl methyl sites for hydroxylation is 1. The summed E-state index contributed by atoms with van der Waals surface area (Å²) in [6.07, 6.45) is -9.26. The number of likely N-dealkylation sites (N-methyl/N-ethyl adjacent to an activating group) is 2. The Morgan fingerprint density at radius 2 is 1.71 bits per heavy atom. The van der Waals surface area contributed by atoms with E-state index in [1.165, 1.54) is 36.8 Å². The van der Waals surface area contributed by atoms with Crippen LogP contribution < -0.4 is 9.80 Å². The van der Waals surface area contributed by atoms with Crippen molar-refractivity contribution < 1.29 is 35.9 Å². The second kappa shape index (κ2) is 10.2. The number of amides is 2. The maximum atomic E-state index is 14.0. The highest BCUT2D eigenvalue weighted by Crippen LogP contribution is 2.48. The number of carbonyl (C=O) groups is 2. The first-order valence-electron chi connectivity index (χ1n) is 12.9. The monoisotopic (exact) mass is 581 g/mol. The Morgan fingerprint density at radius 3 is 2.27 bits per heavy atom. The van der Waals surface area contributed by atoms with Gasteiger partial charge in [0.15, 0.2) is 0 Å². The van der Waals surface area contributed by atoms with Crippen LogP contribution in [0.4, 0.5) is 37.8 Å². The van der Waals surface area contributed by atoms with Gasteiger partial charge in [0, 0.05) is 25.8 Å². The molecule has 41 heavy (non-hydrogen) atoms. The quantitative estimate of drug-likeness (QED) is 0.433. The molecule has 2 heterocycles. The Labute approximate surface area is 233 Å². The van der Waals surface area contributed by atoms with E-state index in [0.717, 1.165) is 10.5 Å². The van der Waals surface area contributed by atoms with Gasteiger partial charge in [0.1, 0.15) is 34.7 Å². The molecule has 0 N–H and O–H groups in total. The fraction of sp³-hybridized carbons (Fsp3) is 0.500. The summed E-state index contributed by atoms with van der Waals surface area (Å²) >= 11 is 0. The molecule has 0 spiro atoms. The van der Waals surface area contributed by atoms with E-state index in [1.54, 1.807) is 25.2 Å². The number of pyridine rings is 1. The molecule has 1 saturated carbocycles. The average Bonchev–Trinajstić information content (AvgIpc) is 3.51. The molecular weight excluding hydrogens is 552 g/mol. The lowest BCUT2D eigenvalue weighted by molar-refractivity contribution is -0.145. The van der Waals surface area contributed by atoms with E-state index >= 15 is 0 Å². The van der Waals surface area contributed by atoms with Gasteiger partial charge in [-0.3, -0.25) is 9.59 Å². The number of aromatic nitrogens is 1. The van der Waals surface area contributed by atoms with Crippen molar-refractivity contribution in [3.05, 3.63) is 52.7 Å². The number of hydrogen-bond acceptors (Lipinski definition) is 5. The van der Waals surface area contributed by atoms with Crippen LogP contribution in [0.25, 0.3) is 0 Å². The number of benzene rings is 1. The minimum atomic E-state index is -5.27. The minimum Gasteiger partial charge on any atom is -0.340 e. The molecule has 2 bridgehead atoms. The van der Waals surface area contributed by atoms with Crippen LogP contribution in [-0.4, -0.2) is 53.4 Å². The average molecular weight is 582 g/mol. The molecule has 2 aliphatic rings. The van der Waals surface area contributed by atoms with Crippen molar-refractivity contribution in [2.45, 2.75) is 70.0 Å². The zero-order chi connectivity index (χ0) is 30.7. The standard InChI is InChI=1S/C28H29F6N5O2/c1-15-7-6-8-17(11-15)37(4)25(41)26(2,3)38(5)24(40)22-16-9-10-18(12-16)39(22)23-19(14-35)20(27(29,30)31)13-21(36-23)28(32,33)34/h6-8,11,13,16,18,22H,9-10,12H2,1-5H3/t16-,18+,22-/m0/s1. The molecule has 4 rings (SSSR count). The van der Waals surface area contributed by atoms with Crippen LogP contribution in [0.5, 0.6) is 0 Å². The predicted octanol–water partition coefficient (Wildman–Crippen LogP) is 5.56. The number of anilines is 2. The molecule has 2 aromatic rings. The molecule has 13 heteroatoms. The summed E-state index contributed by atoms with van der Waals surface area (Å²) in [6, 6.07) is 6.54. The van der Waals surface area contributed by atoms with E-state index in [1.807, 2.05) is 13.0 Å². The highest BCUT2D eigenvalue weighted by molar-refractivity contribution is 6.02. The van der Waals surface area contributed by atoms with E-state index in [4.69, 9.17) is 0 Å². The molecule has 220 valence electrons. The molecule has 1 saturated heterocycles. The Hall–Kier alpha value is -3.82. The van der Waals surface area contributed by atoms with Crippen molar-refractivity contribution in [1.82, 2.24) is 9.88 Å². The van der Waals surface area contributed by atoms with Crippen molar-refractivity contribution in [3.8, 4) is 6.07 Å². The van der Waals surface area contributed by atoms with Gasteiger partial charge < -0.3 is 14.7 Å². The molecule has 0 unspecified atom stereocenters. The Morgan fingerprint density at radius 1 is 1.05 bits per heavy atom. The van der Waals surface area contributed by atoms with Crippen LogP contribution >= 0.6 is 0 Å². The predicted molar refractivity (Wildman–Crippen MR) is 138 cm³/mol. The number of piperidine rings is 1. The van der Waals surface area contributed by atoms with Crippen molar-refractivity contribution in [3.63, 3.8) is 0 Å². The number of carbonyl (C=O) groups excluding carboxylic acids is 2. The maximum Gasteiger partial charge on any atom is 0.433 e. The smallest absolute Gasteiger partial charge is 0.340 e. The highest BCUT2D eigenvalue weighted by atomic mass is 19.4. The van der Waals surface area contributed by atoms with Gasteiger partial charge in [0.25, 0.3) is 5.91 Å². The zero-order valence-corrected chi connectivity index (χ0v) is 23.1. The second-order valence-electron chi connectivity index (χ2n) is 11.1. The molecule has 2 fully saturated rings. The summed E-state index contributed by atoms with van der Waals surface area (Å²) in [5.41, 5.74) is -4.61. The largest absolute Gasteiger partial charge is 0.433 e. The van der Waals surface area contributed by atoms with E-state index in [2.05, 4.69) is 4.98 Å². The molecule has 1 aromatic carbocycles. The molecule has 3 atom stereocenters. The third kappa shape index (κ3) is 5.31. The Kier molecular flexibility index (Phi) is 7.52. The number of hydrogen-bond donors (Lipinski definition) is 0. The lowest BCUT2D eigenvalue weighted by Crippen LogP contribution is -2.61. The minimum absolute atomic E-state index is 0.178. The number of rotatable bonds is 5. The molecule has 0 radical (unpaired) electrons. The number of nitriles is 1. The van der Waals surface area contributed by atoms with Crippen LogP contribution in [0.1, 0.15) is 55.5 Å². The van der Waals surface area contributed by atoms with Crippen molar-refractivity contribution in [2.75, 3.05) is 23.9 Å². The summed E-state index contributed by atoms with van der Waals surface area (Å²) in [5, 5.41) is 9.67. The molecule has 1 aliphatic carbocycles. The number of alkyl halides is 6. The summed E-state index contributed by atoms with van der Waals surface area (Å²) < 4.78 is 82.5. The lowest BCUT2D eigenvalue weighted by Gasteiger charge is -2.43. The molecule has 1 aliphatic heterocycles. The van der Waals surface area contributed by atoms with E-state index in [9.17, 15) is 41.2 Å². The topological polar surface area (TPSA) is 80.5 Å². The highest BCUT2D eigenvalue weighted by Gasteiger charge is 2.54. The maximum absolute atomic E-state index is 14.0. The summed E-state index contributed by atoms with van der Waals surface area (Å²) in [7, 11) is 2.92. The van der Waals surface area contributed by atoms with Gasteiger partial charge in [-0.1, -0.05) is 12.1 Å². The summed E-state index contributed by atoms with van der Waals surface area (Å²) in [6.45, 7) is 4.89.